The first-order chi connectivity index (χ1) is 7.97. The van der Waals surface area contributed by atoms with Crippen molar-refractivity contribution in [2.45, 2.75) is 31.5 Å². The zero-order valence-electron chi connectivity index (χ0n) is 9.40. The van der Waals surface area contributed by atoms with Crippen LogP contribution in [0.4, 0.5) is 8.78 Å². The number of ether oxygens (including phenoxy) is 1. The molecule has 1 N–H and O–H groups in total. The molecule has 2 rings (SSSR count). The van der Waals surface area contributed by atoms with E-state index in [-0.39, 0.29) is 29.2 Å². The van der Waals surface area contributed by atoms with E-state index in [4.69, 9.17) is 16.3 Å². The molecule has 94 valence electrons. The maximum atomic E-state index is 13.7. The normalized spacial score (nSPS) is 17.2. The molecule has 0 amide bonds. The van der Waals surface area contributed by atoms with Crippen LogP contribution in [0.3, 0.4) is 0 Å². The van der Waals surface area contributed by atoms with E-state index in [1.807, 2.05) is 0 Å². The summed E-state index contributed by atoms with van der Waals surface area (Å²) in [5.74, 6) is -1.93. The highest BCUT2D eigenvalue weighted by molar-refractivity contribution is 6.31. The Bertz CT molecular complexity index is 445. The van der Waals surface area contributed by atoms with Gasteiger partial charge in [0.15, 0.2) is 11.6 Å². The van der Waals surface area contributed by atoms with Gasteiger partial charge in [-0.15, -0.1) is 0 Å². The highest BCUT2D eigenvalue weighted by Gasteiger charge is 2.41. The molecular formula is C12H13ClF2O2. The van der Waals surface area contributed by atoms with Crippen LogP contribution < -0.4 is 0 Å². The van der Waals surface area contributed by atoms with E-state index >= 15 is 0 Å². The van der Waals surface area contributed by atoms with E-state index < -0.39 is 17.2 Å². The molecule has 1 saturated carbocycles. The minimum atomic E-state index is -0.987. The third-order valence-electron chi connectivity index (χ3n) is 2.96. The number of rotatable bonds is 4. The van der Waals surface area contributed by atoms with E-state index in [2.05, 4.69) is 0 Å². The van der Waals surface area contributed by atoms with Gasteiger partial charge in [-0.1, -0.05) is 11.6 Å². The fourth-order valence-corrected chi connectivity index (χ4v) is 2.03. The lowest BCUT2D eigenvalue weighted by molar-refractivity contribution is 0.149. The summed E-state index contributed by atoms with van der Waals surface area (Å²) in [6.45, 7) is -0.0772. The molecule has 0 radical (unpaired) electrons. The van der Waals surface area contributed by atoms with Gasteiger partial charge in [-0.3, -0.25) is 0 Å². The largest absolute Gasteiger partial charge is 0.390 e. The number of aliphatic hydroxyl groups is 1. The monoisotopic (exact) mass is 262 g/mol. The van der Waals surface area contributed by atoms with E-state index in [1.54, 1.807) is 0 Å². The zero-order chi connectivity index (χ0) is 12.6. The van der Waals surface area contributed by atoms with Gasteiger partial charge < -0.3 is 9.84 Å². The third kappa shape index (κ3) is 2.59. The highest BCUT2D eigenvalue weighted by Crippen LogP contribution is 2.39. The van der Waals surface area contributed by atoms with Gasteiger partial charge in [0.25, 0.3) is 0 Å². The first kappa shape index (κ1) is 12.7. The maximum absolute atomic E-state index is 13.7. The van der Waals surface area contributed by atoms with Gasteiger partial charge >= 0.3 is 0 Å². The molecule has 5 heteroatoms. The summed E-state index contributed by atoms with van der Waals surface area (Å²) in [5, 5.41) is 9.83. The van der Waals surface area contributed by atoms with Crippen molar-refractivity contribution in [3.05, 3.63) is 33.9 Å². The van der Waals surface area contributed by atoms with Gasteiger partial charge in [-0.2, -0.15) is 0 Å². The van der Waals surface area contributed by atoms with Gasteiger partial charge in [0.2, 0.25) is 0 Å². The smallest absolute Gasteiger partial charge is 0.166 e. The zero-order valence-corrected chi connectivity index (χ0v) is 10.2. The summed E-state index contributed by atoms with van der Waals surface area (Å²) >= 11 is 5.87. The topological polar surface area (TPSA) is 29.5 Å². The van der Waals surface area contributed by atoms with E-state index in [0.29, 0.717) is 12.8 Å². The van der Waals surface area contributed by atoms with Gasteiger partial charge in [0.1, 0.15) is 0 Å². The Morgan fingerprint density at radius 3 is 2.59 bits per heavy atom. The average molecular weight is 263 g/mol. The van der Waals surface area contributed by atoms with Crippen LogP contribution in [-0.4, -0.2) is 17.8 Å². The Kier molecular flexibility index (Phi) is 3.39. The predicted molar refractivity (Wildman–Crippen MR) is 60.0 cm³/mol. The summed E-state index contributed by atoms with van der Waals surface area (Å²) in [4.78, 5) is 0. The Hall–Kier alpha value is -0.710. The predicted octanol–water partition coefficient (Wildman–Crippen LogP) is 2.83. The van der Waals surface area contributed by atoms with Crippen molar-refractivity contribution in [2.24, 2.45) is 0 Å². The van der Waals surface area contributed by atoms with E-state index in [1.165, 1.54) is 13.2 Å². The van der Waals surface area contributed by atoms with Crippen LogP contribution in [0.1, 0.15) is 24.0 Å². The second-order valence-corrected chi connectivity index (χ2v) is 4.87. The second kappa shape index (κ2) is 4.52. The highest BCUT2D eigenvalue weighted by atomic mass is 35.5. The van der Waals surface area contributed by atoms with Gasteiger partial charge in [-0.05, 0) is 24.5 Å². The molecule has 0 heterocycles. The lowest BCUT2D eigenvalue weighted by Gasteiger charge is -2.12. The Morgan fingerprint density at radius 1 is 1.41 bits per heavy atom. The van der Waals surface area contributed by atoms with Crippen LogP contribution in [0.2, 0.25) is 5.02 Å². The first-order valence-electron chi connectivity index (χ1n) is 5.33. The summed E-state index contributed by atoms with van der Waals surface area (Å²) in [6.07, 6.45) is 1.33. The minimum absolute atomic E-state index is 0.0122. The standard InChI is InChI=1S/C12H13ClF2O2/c1-17-6-8-9(13)4-7(10(14)11(8)15)5-12(16)2-3-12/h4,16H,2-3,5-6H2,1H3. The Morgan fingerprint density at radius 2 is 2.06 bits per heavy atom. The average Bonchev–Trinajstić information content (AvgIpc) is 2.99. The van der Waals surface area contributed by atoms with Gasteiger partial charge in [-0.25, -0.2) is 8.78 Å². The van der Waals surface area contributed by atoms with Crippen LogP contribution in [-0.2, 0) is 17.8 Å². The molecule has 1 aromatic carbocycles. The molecule has 0 aliphatic heterocycles. The van der Waals surface area contributed by atoms with Gasteiger partial charge in [0, 0.05) is 24.1 Å². The van der Waals surface area contributed by atoms with E-state index in [0.717, 1.165) is 0 Å². The number of benzene rings is 1. The second-order valence-electron chi connectivity index (χ2n) is 4.46. The molecule has 1 aliphatic carbocycles. The Balaban J connectivity index is 2.35. The molecule has 0 saturated heterocycles. The molecule has 0 atom stereocenters. The molecular weight excluding hydrogens is 250 g/mol. The molecule has 1 aliphatic rings. The maximum Gasteiger partial charge on any atom is 0.166 e. The SMILES string of the molecule is COCc1c(Cl)cc(CC2(O)CC2)c(F)c1F. The number of hydrogen-bond acceptors (Lipinski definition) is 2. The van der Waals surface area contributed by atoms with Crippen molar-refractivity contribution < 1.29 is 18.6 Å². The first-order valence-corrected chi connectivity index (χ1v) is 5.71. The number of hydrogen-bond donors (Lipinski definition) is 1. The minimum Gasteiger partial charge on any atom is -0.390 e. The molecule has 0 bridgehead atoms. The van der Waals surface area contributed by atoms with Crippen LogP contribution in [0, 0.1) is 11.6 Å². The summed E-state index contributed by atoms with van der Waals surface area (Å²) in [6, 6.07) is 1.37. The van der Waals surface area contributed by atoms with Crippen molar-refractivity contribution in [3.63, 3.8) is 0 Å². The third-order valence-corrected chi connectivity index (χ3v) is 3.30. The van der Waals surface area contributed by atoms with Crippen molar-refractivity contribution in [1.29, 1.82) is 0 Å². The van der Waals surface area contributed by atoms with E-state index in [9.17, 15) is 13.9 Å². The summed E-state index contributed by atoms with van der Waals surface area (Å²) in [7, 11) is 1.38. The molecule has 0 unspecified atom stereocenters. The molecule has 17 heavy (non-hydrogen) atoms. The van der Waals surface area contributed by atoms with Crippen molar-refractivity contribution in [3.8, 4) is 0 Å². The van der Waals surface area contributed by atoms with Crippen LogP contribution in [0.5, 0.6) is 0 Å². The van der Waals surface area contributed by atoms with Crippen molar-refractivity contribution in [2.75, 3.05) is 7.11 Å². The molecule has 1 fully saturated rings. The quantitative estimate of drug-likeness (QED) is 0.846. The number of halogens is 3. The number of methoxy groups -OCH3 is 1. The molecule has 2 nitrogen and oxygen atoms in total. The molecule has 0 spiro atoms. The molecule has 1 aromatic rings. The van der Waals surface area contributed by atoms with Crippen LogP contribution in [0.25, 0.3) is 0 Å². The lowest BCUT2D eigenvalue weighted by Crippen LogP contribution is -2.13. The lowest BCUT2D eigenvalue weighted by atomic mass is 10.0. The van der Waals surface area contributed by atoms with Crippen LogP contribution >= 0.6 is 11.6 Å². The van der Waals surface area contributed by atoms with Crippen LogP contribution in [0.15, 0.2) is 6.07 Å². The summed E-state index contributed by atoms with van der Waals surface area (Å²) in [5.41, 5.74) is -0.745. The van der Waals surface area contributed by atoms with Crippen molar-refractivity contribution >= 4 is 11.6 Å². The Labute approximate surface area is 103 Å². The van der Waals surface area contributed by atoms with Gasteiger partial charge in [0.05, 0.1) is 12.2 Å². The van der Waals surface area contributed by atoms with Crippen molar-refractivity contribution in [1.82, 2.24) is 0 Å². The summed E-state index contributed by atoms with van der Waals surface area (Å²) < 4.78 is 32.2. The fraction of sp³-hybridized carbons (Fsp3) is 0.500. The fourth-order valence-electron chi connectivity index (χ4n) is 1.76. The molecule has 0 aromatic heterocycles.